The van der Waals surface area contributed by atoms with Crippen LogP contribution in [0.4, 0.5) is 0 Å². The highest BCUT2D eigenvalue weighted by molar-refractivity contribution is 5.94. The monoisotopic (exact) mass is 334 g/mol. The summed E-state index contributed by atoms with van der Waals surface area (Å²) in [5, 5.41) is 7.49. The first-order chi connectivity index (χ1) is 11.6. The minimum absolute atomic E-state index is 0.241. The van der Waals surface area contributed by atoms with Crippen LogP contribution in [0.3, 0.4) is 0 Å². The van der Waals surface area contributed by atoms with Gasteiger partial charge >= 0.3 is 0 Å². The fourth-order valence-corrected chi connectivity index (χ4v) is 2.04. The normalized spacial score (nSPS) is 11.8. The molecule has 1 rings (SSSR count). The number of rotatable bonds is 9. The number of imide groups is 1. The second-order valence-corrected chi connectivity index (χ2v) is 4.84. The molecule has 8 heteroatoms. The molecule has 0 aliphatic carbocycles. The summed E-state index contributed by atoms with van der Waals surface area (Å²) in [6.07, 6.45) is 6.56. The first-order valence-electron chi connectivity index (χ1n) is 7.41. The molecule has 1 atom stereocenters. The number of hydrogen-bond acceptors (Lipinski definition) is 6. The van der Waals surface area contributed by atoms with Gasteiger partial charge in [-0.15, -0.1) is 0 Å². The van der Waals surface area contributed by atoms with Crippen molar-refractivity contribution in [3.05, 3.63) is 29.6 Å². The van der Waals surface area contributed by atoms with Crippen molar-refractivity contribution in [1.82, 2.24) is 20.9 Å². The molecule has 3 N–H and O–H groups in total. The van der Waals surface area contributed by atoms with E-state index >= 15 is 0 Å². The van der Waals surface area contributed by atoms with Crippen LogP contribution >= 0.6 is 0 Å². The van der Waals surface area contributed by atoms with Crippen molar-refractivity contribution in [2.24, 2.45) is 0 Å². The molecule has 0 radical (unpaired) electrons. The van der Waals surface area contributed by atoms with Gasteiger partial charge in [0.25, 0.3) is 5.91 Å². The molecule has 24 heavy (non-hydrogen) atoms. The molecule has 3 amide bonds. The molecule has 1 aromatic rings. The van der Waals surface area contributed by atoms with Gasteiger partial charge in [0.15, 0.2) is 0 Å². The van der Waals surface area contributed by atoms with Crippen LogP contribution in [0, 0.1) is 0 Å². The Morgan fingerprint density at radius 2 is 2.12 bits per heavy atom. The standard InChI is InChI=1S/C16H22N4O4/c1-17-13(16(23)20-10-21)7-5-4-6-12-14(24-3)8-11(9-19-12)15(22)18-2/h4,6,8-10,13,17H,5,7H2,1-3H3,(H,18,22)(H,20,21,23)/b6-4+. The summed E-state index contributed by atoms with van der Waals surface area (Å²) in [6, 6.07) is 1.16. The van der Waals surface area contributed by atoms with E-state index in [1.807, 2.05) is 6.08 Å². The van der Waals surface area contributed by atoms with E-state index in [2.05, 4.69) is 20.9 Å². The quantitative estimate of drug-likeness (QED) is 0.553. The number of nitrogens with zero attached hydrogens (tertiary/aromatic N) is 1. The number of carbonyl (C=O) groups is 3. The second kappa shape index (κ2) is 10.1. The largest absolute Gasteiger partial charge is 0.494 e. The van der Waals surface area contributed by atoms with Gasteiger partial charge < -0.3 is 15.4 Å². The van der Waals surface area contributed by atoms with Crippen LogP contribution in [0.5, 0.6) is 5.75 Å². The first kappa shape index (κ1) is 19.3. The number of methoxy groups -OCH3 is 1. The highest BCUT2D eigenvalue weighted by Gasteiger charge is 2.14. The predicted molar refractivity (Wildman–Crippen MR) is 89.5 cm³/mol. The summed E-state index contributed by atoms with van der Waals surface area (Å²) in [5.41, 5.74) is 0.996. The molecule has 0 aliphatic rings. The van der Waals surface area contributed by atoms with Crippen LogP contribution in [0.1, 0.15) is 28.9 Å². The molecular formula is C16H22N4O4. The smallest absolute Gasteiger partial charge is 0.252 e. The molecule has 0 fully saturated rings. The number of pyridine rings is 1. The van der Waals surface area contributed by atoms with Crippen molar-refractivity contribution in [2.45, 2.75) is 18.9 Å². The minimum Gasteiger partial charge on any atom is -0.494 e. The van der Waals surface area contributed by atoms with Crippen molar-refractivity contribution >= 4 is 24.3 Å². The maximum atomic E-state index is 11.6. The van der Waals surface area contributed by atoms with E-state index in [1.54, 1.807) is 26.2 Å². The van der Waals surface area contributed by atoms with Crippen LogP contribution in [0.2, 0.25) is 0 Å². The number of carbonyl (C=O) groups excluding carboxylic acids is 3. The Kier molecular flexibility index (Phi) is 8.14. The SMILES string of the molecule is CNC(=O)c1cnc(/C=C/CCC(NC)C(=O)NC=O)c(OC)c1. The van der Waals surface area contributed by atoms with E-state index in [0.717, 1.165) is 0 Å². The number of amides is 3. The van der Waals surface area contributed by atoms with Gasteiger partial charge in [0, 0.05) is 13.2 Å². The van der Waals surface area contributed by atoms with Gasteiger partial charge in [0.1, 0.15) is 11.4 Å². The van der Waals surface area contributed by atoms with Crippen LogP contribution in [-0.4, -0.2) is 50.5 Å². The highest BCUT2D eigenvalue weighted by Crippen LogP contribution is 2.19. The molecule has 0 saturated heterocycles. The fourth-order valence-electron chi connectivity index (χ4n) is 2.04. The molecule has 0 bridgehead atoms. The molecule has 8 nitrogen and oxygen atoms in total. The third kappa shape index (κ3) is 5.47. The number of ether oxygens (including phenoxy) is 1. The number of likely N-dealkylation sites (N-methyl/N-ethyl adjacent to an activating group) is 1. The number of hydrogen-bond donors (Lipinski definition) is 3. The Morgan fingerprint density at radius 3 is 2.71 bits per heavy atom. The van der Waals surface area contributed by atoms with Gasteiger partial charge in [-0.05, 0) is 32.0 Å². The maximum Gasteiger partial charge on any atom is 0.252 e. The lowest BCUT2D eigenvalue weighted by molar-refractivity contribution is -0.126. The predicted octanol–water partition coefficient (Wildman–Crippen LogP) is 0.104. The van der Waals surface area contributed by atoms with Crippen molar-refractivity contribution in [3.8, 4) is 5.75 Å². The Morgan fingerprint density at radius 1 is 1.38 bits per heavy atom. The number of allylic oxidation sites excluding steroid dienone is 1. The molecule has 130 valence electrons. The van der Waals surface area contributed by atoms with E-state index in [4.69, 9.17) is 4.74 Å². The molecule has 0 saturated carbocycles. The lowest BCUT2D eigenvalue weighted by atomic mass is 10.1. The van der Waals surface area contributed by atoms with Crippen molar-refractivity contribution < 1.29 is 19.1 Å². The lowest BCUT2D eigenvalue weighted by Gasteiger charge is -2.12. The Balaban J connectivity index is 2.71. The average molecular weight is 334 g/mol. The van der Waals surface area contributed by atoms with Gasteiger partial charge in [-0.1, -0.05) is 6.08 Å². The van der Waals surface area contributed by atoms with Gasteiger partial charge in [0.05, 0.1) is 18.7 Å². The molecule has 0 spiro atoms. The Bertz CT molecular complexity index is 616. The van der Waals surface area contributed by atoms with Gasteiger partial charge in [-0.25, -0.2) is 0 Å². The summed E-state index contributed by atoms with van der Waals surface area (Å²) >= 11 is 0. The second-order valence-electron chi connectivity index (χ2n) is 4.84. The average Bonchev–Trinajstić information content (AvgIpc) is 2.61. The van der Waals surface area contributed by atoms with Crippen molar-refractivity contribution in [2.75, 3.05) is 21.2 Å². The zero-order valence-electron chi connectivity index (χ0n) is 14.0. The molecule has 1 unspecified atom stereocenters. The van der Waals surface area contributed by atoms with Crippen molar-refractivity contribution in [3.63, 3.8) is 0 Å². The number of aromatic nitrogens is 1. The summed E-state index contributed by atoms with van der Waals surface area (Å²) in [6.45, 7) is 0. The minimum atomic E-state index is -0.453. The summed E-state index contributed by atoms with van der Waals surface area (Å²) in [7, 11) is 4.70. The van der Waals surface area contributed by atoms with E-state index in [1.165, 1.54) is 13.3 Å². The molecular weight excluding hydrogens is 312 g/mol. The molecule has 1 heterocycles. The Hall–Kier alpha value is -2.74. The topological polar surface area (TPSA) is 109 Å². The highest BCUT2D eigenvalue weighted by atomic mass is 16.5. The summed E-state index contributed by atoms with van der Waals surface area (Å²) < 4.78 is 5.24. The van der Waals surface area contributed by atoms with Gasteiger partial charge in [-0.2, -0.15) is 0 Å². The van der Waals surface area contributed by atoms with Gasteiger partial charge in [0.2, 0.25) is 12.3 Å². The maximum absolute atomic E-state index is 11.6. The fraction of sp³-hybridized carbons (Fsp3) is 0.375. The van der Waals surface area contributed by atoms with Crippen molar-refractivity contribution in [1.29, 1.82) is 0 Å². The van der Waals surface area contributed by atoms with Crippen LogP contribution in [0.15, 0.2) is 18.3 Å². The van der Waals surface area contributed by atoms with E-state index in [-0.39, 0.29) is 11.8 Å². The van der Waals surface area contributed by atoms with E-state index in [9.17, 15) is 14.4 Å². The zero-order valence-corrected chi connectivity index (χ0v) is 14.0. The molecule has 0 aromatic carbocycles. The third-order valence-corrected chi connectivity index (χ3v) is 3.35. The summed E-state index contributed by atoms with van der Waals surface area (Å²) in [5.74, 6) is -0.128. The number of nitrogens with one attached hydrogen (secondary N) is 3. The van der Waals surface area contributed by atoms with Crippen LogP contribution in [0.25, 0.3) is 6.08 Å². The van der Waals surface area contributed by atoms with Crippen LogP contribution in [-0.2, 0) is 9.59 Å². The van der Waals surface area contributed by atoms with Gasteiger partial charge in [-0.3, -0.25) is 24.7 Å². The zero-order chi connectivity index (χ0) is 17.9. The molecule has 0 aliphatic heterocycles. The van der Waals surface area contributed by atoms with Crippen LogP contribution < -0.4 is 20.7 Å². The Labute approximate surface area is 140 Å². The molecule has 1 aromatic heterocycles. The third-order valence-electron chi connectivity index (χ3n) is 3.35. The lowest BCUT2D eigenvalue weighted by Crippen LogP contribution is -2.41. The van der Waals surface area contributed by atoms with E-state index < -0.39 is 6.04 Å². The summed E-state index contributed by atoms with van der Waals surface area (Å²) in [4.78, 5) is 37.7. The first-order valence-corrected chi connectivity index (χ1v) is 7.41. The van der Waals surface area contributed by atoms with E-state index in [0.29, 0.717) is 36.3 Å².